The molecular formula is C17H17FN2S. The standard InChI is InChI=1S/C17H17FN2S/c1-12-6-13(2)20-17(7-12)21-11-15-8-14(4-3-5-19)9-16(18)10-15/h6-10H,5,11,19H2,1-2H3. The Morgan fingerprint density at radius 2 is 2.00 bits per heavy atom. The molecule has 1 aromatic carbocycles. The van der Waals surface area contributed by atoms with Crippen LogP contribution in [-0.4, -0.2) is 11.5 Å². The first-order valence-electron chi connectivity index (χ1n) is 6.63. The molecule has 2 rings (SSSR count). The molecule has 0 atom stereocenters. The number of rotatable bonds is 3. The Kier molecular flexibility index (Phi) is 5.38. The zero-order valence-electron chi connectivity index (χ0n) is 12.1. The fourth-order valence-electron chi connectivity index (χ4n) is 1.99. The van der Waals surface area contributed by atoms with Crippen LogP contribution in [0.3, 0.4) is 0 Å². The van der Waals surface area contributed by atoms with Crippen LogP contribution in [-0.2, 0) is 5.75 Å². The van der Waals surface area contributed by atoms with E-state index in [2.05, 4.69) is 16.8 Å². The first-order valence-corrected chi connectivity index (χ1v) is 7.62. The third-order valence-electron chi connectivity index (χ3n) is 2.75. The number of hydrogen-bond acceptors (Lipinski definition) is 3. The molecule has 108 valence electrons. The number of aromatic nitrogens is 1. The molecule has 0 aliphatic rings. The molecule has 1 heterocycles. The lowest BCUT2D eigenvalue weighted by atomic mass is 10.1. The number of aryl methyl sites for hydroxylation is 2. The van der Waals surface area contributed by atoms with E-state index in [1.807, 2.05) is 32.0 Å². The Morgan fingerprint density at radius 3 is 2.71 bits per heavy atom. The number of thioether (sulfide) groups is 1. The fraction of sp³-hybridized carbons (Fsp3) is 0.235. The Bertz CT molecular complexity index is 681. The van der Waals surface area contributed by atoms with Gasteiger partial charge in [-0.2, -0.15) is 0 Å². The minimum absolute atomic E-state index is 0.271. The van der Waals surface area contributed by atoms with Crippen molar-refractivity contribution in [1.82, 2.24) is 4.98 Å². The average Bonchev–Trinajstić information content (AvgIpc) is 2.41. The van der Waals surface area contributed by atoms with Crippen molar-refractivity contribution in [2.45, 2.75) is 24.6 Å². The van der Waals surface area contributed by atoms with Crippen LogP contribution < -0.4 is 5.73 Å². The molecule has 2 nitrogen and oxygen atoms in total. The fourth-order valence-corrected chi connectivity index (χ4v) is 2.95. The van der Waals surface area contributed by atoms with E-state index in [4.69, 9.17) is 5.73 Å². The average molecular weight is 300 g/mol. The maximum atomic E-state index is 13.6. The van der Waals surface area contributed by atoms with E-state index in [0.29, 0.717) is 11.3 Å². The smallest absolute Gasteiger partial charge is 0.124 e. The molecule has 1 aromatic heterocycles. The summed E-state index contributed by atoms with van der Waals surface area (Å²) in [7, 11) is 0. The summed E-state index contributed by atoms with van der Waals surface area (Å²) in [5.41, 5.74) is 9.05. The molecule has 0 amide bonds. The highest BCUT2D eigenvalue weighted by Crippen LogP contribution is 2.23. The van der Waals surface area contributed by atoms with E-state index in [1.165, 1.54) is 17.7 Å². The van der Waals surface area contributed by atoms with E-state index in [0.717, 1.165) is 16.3 Å². The van der Waals surface area contributed by atoms with Crippen molar-refractivity contribution in [3.8, 4) is 11.8 Å². The quantitative estimate of drug-likeness (QED) is 0.697. The number of nitrogens with zero attached hydrogens (tertiary/aromatic N) is 1. The summed E-state index contributed by atoms with van der Waals surface area (Å²) in [5.74, 6) is 5.98. The minimum Gasteiger partial charge on any atom is -0.320 e. The molecule has 4 heteroatoms. The van der Waals surface area contributed by atoms with Crippen LogP contribution in [0.15, 0.2) is 35.4 Å². The zero-order valence-corrected chi connectivity index (χ0v) is 12.9. The molecule has 0 aliphatic heterocycles. The second-order valence-corrected chi connectivity index (χ2v) is 5.76. The molecule has 0 aliphatic carbocycles. The number of pyridine rings is 1. The second-order valence-electron chi connectivity index (χ2n) is 4.77. The van der Waals surface area contributed by atoms with Gasteiger partial charge in [-0.3, -0.25) is 0 Å². The summed E-state index contributed by atoms with van der Waals surface area (Å²) in [4.78, 5) is 4.47. The van der Waals surface area contributed by atoms with Gasteiger partial charge in [0.05, 0.1) is 11.6 Å². The van der Waals surface area contributed by atoms with Gasteiger partial charge in [0.1, 0.15) is 5.82 Å². The van der Waals surface area contributed by atoms with Crippen molar-refractivity contribution in [3.63, 3.8) is 0 Å². The topological polar surface area (TPSA) is 38.9 Å². The lowest BCUT2D eigenvalue weighted by Gasteiger charge is -2.05. The normalized spacial score (nSPS) is 10.1. The molecule has 0 unspecified atom stereocenters. The Morgan fingerprint density at radius 1 is 1.19 bits per heavy atom. The van der Waals surface area contributed by atoms with Crippen LogP contribution in [0, 0.1) is 31.5 Å². The van der Waals surface area contributed by atoms with Gasteiger partial charge in [-0.1, -0.05) is 11.8 Å². The van der Waals surface area contributed by atoms with Crippen molar-refractivity contribution >= 4 is 11.8 Å². The van der Waals surface area contributed by atoms with Crippen molar-refractivity contribution in [2.24, 2.45) is 5.73 Å². The third kappa shape index (κ3) is 4.89. The summed E-state index contributed by atoms with van der Waals surface area (Å²) in [6.07, 6.45) is 0. The van der Waals surface area contributed by atoms with Crippen molar-refractivity contribution in [3.05, 3.63) is 58.5 Å². The van der Waals surface area contributed by atoms with Gasteiger partial charge >= 0.3 is 0 Å². The highest BCUT2D eigenvalue weighted by molar-refractivity contribution is 7.98. The van der Waals surface area contributed by atoms with Crippen molar-refractivity contribution in [1.29, 1.82) is 0 Å². The van der Waals surface area contributed by atoms with E-state index in [9.17, 15) is 4.39 Å². The minimum atomic E-state index is -0.275. The summed E-state index contributed by atoms with van der Waals surface area (Å²) in [5, 5.41) is 0.950. The molecule has 21 heavy (non-hydrogen) atoms. The predicted octanol–water partition coefficient (Wildman–Crippen LogP) is 3.44. The molecule has 0 fully saturated rings. The van der Waals surface area contributed by atoms with E-state index in [-0.39, 0.29) is 12.4 Å². The SMILES string of the molecule is Cc1cc(C)nc(SCc2cc(F)cc(C#CCN)c2)c1. The molecule has 0 radical (unpaired) electrons. The Labute approximate surface area is 129 Å². The van der Waals surface area contributed by atoms with Crippen LogP contribution in [0.1, 0.15) is 22.4 Å². The lowest BCUT2D eigenvalue weighted by Crippen LogP contribution is -1.94. The Balaban J connectivity index is 2.14. The van der Waals surface area contributed by atoms with E-state index < -0.39 is 0 Å². The lowest BCUT2D eigenvalue weighted by molar-refractivity contribution is 0.626. The molecule has 0 saturated heterocycles. The van der Waals surface area contributed by atoms with E-state index >= 15 is 0 Å². The van der Waals surface area contributed by atoms with Crippen LogP contribution in [0.5, 0.6) is 0 Å². The first-order chi connectivity index (χ1) is 10.1. The van der Waals surface area contributed by atoms with Crippen LogP contribution in [0.25, 0.3) is 0 Å². The number of benzene rings is 1. The molecule has 0 saturated carbocycles. The van der Waals surface area contributed by atoms with Crippen LogP contribution in [0.2, 0.25) is 0 Å². The number of hydrogen-bond donors (Lipinski definition) is 1. The van der Waals surface area contributed by atoms with Crippen LogP contribution in [0.4, 0.5) is 4.39 Å². The molecule has 0 spiro atoms. The first kappa shape index (κ1) is 15.6. The maximum Gasteiger partial charge on any atom is 0.124 e. The predicted molar refractivity (Wildman–Crippen MR) is 85.6 cm³/mol. The molecule has 0 bridgehead atoms. The third-order valence-corrected chi connectivity index (χ3v) is 3.74. The van der Waals surface area contributed by atoms with Gasteiger partial charge < -0.3 is 5.73 Å². The van der Waals surface area contributed by atoms with Gasteiger partial charge in [0.15, 0.2) is 0 Å². The van der Waals surface area contributed by atoms with Gasteiger partial charge in [-0.05, 0) is 55.3 Å². The number of halogens is 1. The maximum absolute atomic E-state index is 13.6. The number of nitrogens with two attached hydrogens (primary N) is 1. The largest absolute Gasteiger partial charge is 0.320 e. The zero-order chi connectivity index (χ0) is 15.2. The van der Waals surface area contributed by atoms with Gasteiger partial charge in [-0.15, -0.1) is 11.8 Å². The highest BCUT2D eigenvalue weighted by atomic mass is 32.2. The monoisotopic (exact) mass is 300 g/mol. The summed E-state index contributed by atoms with van der Waals surface area (Å²) in [6, 6.07) is 8.91. The van der Waals surface area contributed by atoms with Crippen molar-refractivity contribution < 1.29 is 4.39 Å². The van der Waals surface area contributed by atoms with Gasteiger partial charge in [-0.25, -0.2) is 9.37 Å². The second kappa shape index (κ2) is 7.26. The van der Waals surface area contributed by atoms with E-state index in [1.54, 1.807) is 11.8 Å². The molecule has 2 aromatic rings. The van der Waals surface area contributed by atoms with Gasteiger partial charge in [0.2, 0.25) is 0 Å². The Hall–Kier alpha value is -1.83. The molecule has 2 N–H and O–H groups in total. The molecular weight excluding hydrogens is 283 g/mol. The van der Waals surface area contributed by atoms with Crippen molar-refractivity contribution in [2.75, 3.05) is 6.54 Å². The summed E-state index contributed by atoms with van der Waals surface area (Å²) >= 11 is 1.59. The highest BCUT2D eigenvalue weighted by Gasteiger charge is 2.03. The van der Waals surface area contributed by atoms with Crippen LogP contribution >= 0.6 is 11.8 Å². The summed E-state index contributed by atoms with van der Waals surface area (Å²) in [6.45, 7) is 4.29. The van der Waals surface area contributed by atoms with Gasteiger partial charge in [0, 0.05) is 17.0 Å². The summed E-state index contributed by atoms with van der Waals surface area (Å²) < 4.78 is 13.6. The van der Waals surface area contributed by atoms with Gasteiger partial charge in [0.25, 0.3) is 0 Å².